The van der Waals surface area contributed by atoms with Crippen molar-refractivity contribution in [3.63, 3.8) is 0 Å². The lowest BCUT2D eigenvalue weighted by molar-refractivity contribution is 0.0923. The standard InChI is InChI=1S/C12H17N3O2/c1-8(9-3-5-17-7-9)15-12(16)10-6-14-4-2-11(10)13/h2,4,6,8-9H,3,5,7H2,1H3,(H2,13,14)(H,15,16). The molecule has 0 radical (unpaired) electrons. The monoisotopic (exact) mass is 235 g/mol. The molecule has 0 bridgehead atoms. The number of nitrogens with zero attached hydrogens (tertiary/aromatic N) is 1. The summed E-state index contributed by atoms with van der Waals surface area (Å²) in [5, 5.41) is 2.94. The van der Waals surface area contributed by atoms with E-state index in [1.54, 1.807) is 12.3 Å². The van der Waals surface area contributed by atoms with Crippen LogP contribution in [0.15, 0.2) is 18.5 Å². The van der Waals surface area contributed by atoms with E-state index in [-0.39, 0.29) is 11.9 Å². The number of pyridine rings is 1. The lowest BCUT2D eigenvalue weighted by Gasteiger charge is -2.19. The summed E-state index contributed by atoms with van der Waals surface area (Å²) in [5.74, 6) is 0.215. The summed E-state index contributed by atoms with van der Waals surface area (Å²) in [5.41, 5.74) is 6.61. The Labute approximate surface area is 100 Å². The highest BCUT2D eigenvalue weighted by atomic mass is 16.5. The van der Waals surface area contributed by atoms with E-state index in [2.05, 4.69) is 10.3 Å². The number of hydrogen-bond acceptors (Lipinski definition) is 4. The van der Waals surface area contributed by atoms with Crippen LogP contribution in [-0.2, 0) is 4.74 Å². The lowest BCUT2D eigenvalue weighted by atomic mass is 10.0. The van der Waals surface area contributed by atoms with Gasteiger partial charge in [-0.25, -0.2) is 0 Å². The van der Waals surface area contributed by atoms with Gasteiger partial charge >= 0.3 is 0 Å². The number of ether oxygens (including phenoxy) is 1. The summed E-state index contributed by atoms with van der Waals surface area (Å²) >= 11 is 0. The van der Waals surface area contributed by atoms with Gasteiger partial charge in [0.15, 0.2) is 0 Å². The van der Waals surface area contributed by atoms with Crippen LogP contribution in [0.25, 0.3) is 0 Å². The summed E-state index contributed by atoms with van der Waals surface area (Å²) in [4.78, 5) is 15.9. The normalized spacial score (nSPS) is 21.1. The van der Waals surface area contributed by atoms with Gasteiger partial charge in [-0.2, -0.15) is 0 Å². The molecule has 2 heterocycles. The fraction of sp³-hybridized carbons (Fsp3) is 0.500. The molecule has 0 aromatic carbocycles. The topological polar surface area (TPSA) is 77.2 Å². The number of amides is 1. The second-order valence-corrected chi connectivity index (χ2v) is 4.35. The van der Waals surface area contributed by atoms with E-state index in [9.17, 15) is 4.79 Å². The first-order valence-electron chi connectivity index (χ1n) is 5.76. The van der Waals surface area contributed by atoms with Crippen LogP contribution in [0.5, 0.6) is 0 Å². The zero-order chi connectivity index (χ0) is 12.3. The smallest absolute Gasteiger partial charge is 0.255 e. The molecular formula is C12H17N3O2. The minimum atomic E-state index is -0.171. The molecule has 5 heteroatoms. The van der Waals surface area contributed by atoms with Gasteiger partial charge in [0.05, 0.1) is 12.2 Å². The van der Waals surface area contributed by atoms with E-state index in [1.807, 2.05) is 6.92 Å². The number of nitrogens with two attached hydrogens (primary N) is 1. The molecule has 5 nitrogen and oxygen atoms in total. The van der Waals surface area contributed by atoms with Gasteiger partial charge in [0, 0.05) is 36.6 Å². The van der Waals surface area contributed by atoms with Gasteiger partial charge < -0.3 is 15.8 Å². The van der Waals surface area contributed by atoms with E-state index in [0.717, 1.165) is 13.0 Å². The molecule has 1 aromatic rings. The molecule has 2 atom stereocenters. The third kappa shape index (κ3) is 2.74. The maximum atomic E-state index is 12.0. The number of nitrogen functional groups attached to an aromatic ring is 1. The molecule has 0 saturated carbocycles. The molecule has 1 saturated heterocycles. The highest BCUT2D eigenvalue weighted by Crippen LogP contribution is 2.17. The molecule has 0 aliphatic carbocycles. The largest absolute Gasteiger partial charge is 0.398 e. The summed E-state index contributed by atoms with van der Waals surface area (Å²) < 4.78 is 5.30. The first kappa shape index (κ1) is 11.9. The van der Waals surface area contributed by atoms with Crippen LogP contribution in [0.3, 0.4) is 0 Å². The third-order valence-electron chi connectivity index (χ3n) is 3.13. The molecule has 1 fully saturated rings. The minimum Gasteiger partial charge on any atom is -0.398 e. The van der Waals surface area contributed by atoms with E-state index in [1.165, 1.54) is 6.20 Å². The highest BCUT2D eigenvalue weighted by molar-refractivity contribution is 5.98. The fourth-order valence-corrected chi connectivity index (χ4v) is 1.94. The van der Waals surface area contributed by atoms with Gasteiger partial charge in [0.25, 0.3) is 5.91 Å². The quantitative estimate of drug-likeness (QED) is 0.813. The van der Waals surface area contributed by atoms with Gasteiger partial charge in [-0.15, -0.1) is 0 Å². The van der Waals surface area contributed by atoms with Crippen molar-refractivity contribution in [3.8, 4) is 0 Å². The average molecular weight is 235 g/mol. The molecule has 2 rings (SSSR count). The number of anilines is 1. The van der Waals surface area contributed by atoms with Crippen LogP contribution >= 0.6 is 0 Å². The van der Waals surface area contributed by atoms with Crippen molar-refractivity contribution >= 4 is 11.6 Å². The maximum absolute atomic E-state index is 12.0. The molecule has 17 heavy (non-hydrogen) atoms. The number of rotatable bonds is 3. The summed E-state index contributed by atoms with van der Waals surface area (Å²) in [6, 6.07) is 1.71. The van der Waals surface area contributed by atoms with Gasteiger partial charge in [-0.3, -0.25) is 9.78 Å². The Balaban J connectivity index is 1.99. The highest BCUT2D eigenvalue weighted by Gasteiger charge is 2.24. The molecular weight excluding hydrogens is 218 g/mol. The molecule has 3 N–H and O–H groups in total. The van der Waals surface area contributed by atoms with Crippen molar-refractivity contribution in [1.29, 1.82) is 0 Å². The summed E-state index contributed by atoms with van der Waals surface area (Å²) in [6.45, 7) is 3.48. The molecule has 2 unspecified atom stereocenters. The Hall–Kier alpha value is -1.62. The van der Waals surface area contributed by atoms with Gasteiger partial charge in [-0.05, 0) is 19.4 Å². The van der Waals surface area contributed by atoms with E-state index in [4.69, 9.17) is 10.5 Å². The van der Waals surface area contributed by atoms with Crippen molar-refractivity contribution in [2.24, 2.45) is 5.92 Å². The summed E-state index contributed by atoms with van der Waals surface area (Å²) in [7, 11) is 0. The van der Waals surface area contributed by atoms with Crippen molar-refractivity contribution in [1.82, 2.24) is 10.3 Å². The number of carbonyl (C=O) groups is 1. The second kappa shape index (κ2) is 5.14. The van der Waals surface area contributed by atoms with Crippen LogP contribution in [-0.4, -0.2) is 30.1 Å². The van der Waals surface area contributed by atoms with E-state index < -0.39 is 0 Å². The van der Waals surface area contributed by atoms with Gasteiger partial charge in [0.2, 0.25) is 0 Å². The second-order valence-electron chi connectivity index (χ2n) is 4.35. The van der Waals surface area contributed by atoms with Crippen molar-refractivity contribution in [3.05, 3.63) is 24.0 Å². The Morgan fingerprint density at radius 3 is 3.18 bits per heavy atom. The van der Waals surface area contributed by atoms with Crippen LogP contribution in [0, 0.1) is 5.92 Å². The van der Waals surface area contributed by atoms with Gasteiger partial charge in [-0.1, -0.05) is 0 Å². The molecule has 0 spiro atoms. The Kier molecular flexibility index (Phi) is 3.58. The zero-order valence-corrected chi connectivity index (χ0v) is 9.85. The fourth-order valence-electron chi connectivity index (χ4n) is 1.94. The van der Waals surface area contributed by atoms with Crippen molar-refractivity contribution in [2.45, 2.75) is 19.4 Å². The third-order valence-corrected chi connectivity index (χ3v) is 3.13. The first-order chi connectivity index (χ1) is 8.18. The Morgan fingerprint density at radius 1 is 1.71 bits per heavy atom. The van der Waals surface area contributed by atoms with Crippen LogP contribution in [0.1, 0.15) is 23.7 Å². The summed E-state index contributed by atoms with van der Waals surface area (Å²) in [6.07, 6.45) is 4.05. The molecule has 1 aliphatic rings. The molecule has 1 aromatic heterocycles. The lowest BCUT2D eigenvalue weighted by Crippen LogP contribution is -2.38. The Bertz CT molecular complexity index is 402. The molecule has 1 aliphatic heterocycles. The molecule has 1 amide bonds. The van der Waals surface area contributed by atoms with Crippen LogP contribution in [0.4, 0.5) is 5.69 Å². The average Bonchev–Trinajstić information content (AvgIpc) is 2.82. The minimum absolute atomic E-state index is 0.0876. The van der Waals surface area contributed by atoms with Crippen molar-refractivity contribution in [2.75, 3.05) is 18.9 Å². The number of hydrogen-bond donors (Lipinski definition) is 2. The predicted octanol–water partition coefficient (Wildman–Crippen LogP) is 0.819. The molecule has 92 valence electrons. The first-order valence-corrected chi connectivity index (χ1v) is 5.76. The predicted molar refractivity (Wildman–Crippen MR) is 64.5 cm³/mol. The Morgan fingerprint density at radius 2 is 2.53 bits per heavy atom. The SMILES string of the molecule is CC(NC(=O)c1cnccc1N)C1CCOC1. The van der Waals surface area contributed by atoms with Crippen LogP contribution in [0.2, 0.25) is 0 Å². The maximum Gasteiger partial charge on any atom is 0.255 e. The zero-order valence-electron chi connectivity index (χ0n) is 9.85. The van der Waals surface area contributed by atoms with Gasteiger partial charge in [0.1, 0.15) is 0 Å². The van der Waals surface area contributed by atoms with E-state index >= 15 is 0 Å². The number of carbonyl (C=O) groups excluding carboxylic acids is 1. The number of nitrogens with one attached hydrogen (secondary N) is 1. The van der Waals surface area contributed by atoms with Crippen LogP contribution < -0.4 is 11.1 Å². The number of aromatic nitrogens is 1. The van der Waals surface area contributed by atoms with E-state index in [0.29, 0.717) is 23.8 Å². The van der Waals surface area contributed by atoms with Crippen molar-refractivity contribution < 1.29 is 9.53 Å².